The minimum atomic E-state index is -3.64. The first kappa shape index (κ1) is 15.1. The second-order valence-electron chi connectivity index (χ2n) is 4.34. The van der Waals surface area contributed by atoms with Gasteiger partial charge in [-0.25, -0.2) is 8.42 Å². The minimum Gasteiger partial charge on any atom is -0.395 e. The number of anilines is 1. The maximum atomic E-state index is 12.1. The first-order valence-corrected chi connectivity index (χ1v) is 7.73. The highest BCUT2D eigenvalue weighted by atomic mass is 32.2. The normalized spacial score (nSPS) is 10.8. The zero-order valence-corrected chi connectivity index (χ0v) is 12.2. The Kier molecular flexibility index (Phi) is 4.62. The highest BCUT2D eigenvalue weighted by molar-refractivity contribution is 7.92. The van der Waals surface area contributed by atoms with Crippen LogP contribution < -0.4 is 4.72 Å². The van der Waals surface area contributed by atoms with Crippen molar-refractivity contribution in [2.45, 2.75) is 18.2 Å². The standard InChI is InChI=1S/C14H15N3O3S/c1-11-8-12(4-2-3-7-18)5-6-14(11)17-21(19,20)13-9-15-16-10-13/h5-6,8-10,17-18H,3,7H2,1H3,(H,15,16). The Morgan fingerprint density at radius 1 is 1.43 bits per heavy atom. The Hall–Kier alpha value is -2.30. The summed E-state index contributed by atoms with van der Waals surface area (Å²) in [6.07, 6.45) is 2.97. The molecule has 0 saturated carbocycles. The van der Waals surface area contributed by atoms with E-state index in [2.05, 4.69) is 26.8 Å². The number of hydrogen-bond acceptors (Lipinski definition) is 4. The predicted molar refractivity (Wildman–Crippen MR) is 79.2 cm³/mol. The minimum absolute atomic E-state index is 0.0224. The number of hydrogen-bond donors (Lipinski definition) is 3. The van der Waals surface area contributed by atoms with Crippen LogP contribution in [-0.2, 0) is 10.0 Å². The molecule has 2 rings (SSSR count). The molecule has 2 aromatic rings. The van der Waals surface area contributed by atoms with Gasteiger partial charge < -0.3 is 5.11 Å². The van der Waals surface area contributed by atoms with E-state index in [9.17, 15) is 8.42 Å². The van der Waals surface area contributed by atoms with Crippen molar-refractivity contribution in [1.82, 2.24) is 10.2 Å². The van der Waals surface area contributed by atoms with Crippen LogP contribution >= 0.6 is 0 Å². The number of benzene rings is 1. The Morgan fingerprint density at radius 2 is 2.24 bits per heavy atom. The van der Waals surface area contributed by atoms with Crippen molar-refractivity contribution < 1.29 is 13.5 Å². The Balaban J connectivity index is 2.21. The summed E-state index contributed by atoms with van der Waals surface area (Å²) in [7, 11) is -3.64. The average Bonchev–Trinajstić information content (AvgIpc) is 2.97. The zero-order chi connectivity index (χ0) is 15.3. The van der Waals surface area contributed by atoms with E-state index >= 15 is 0 Å². The van der Waals surface area contributed by atoms with E-state index in [0.29, 0.717) is 12.1 Å². The number of H-pyrrole nitrogens is 1. The lowest BCUT2D eigenvalue weighted by molar-refractivity contribution is 0.305. The number of aromatic amines is 1. The van der Waals surface area contributed by atoms with Crippen LogP contribution in [0.5, 0.6) is 0 Å². The third kappa shape index (κ3) is 3.84. The van der Waals surface area contributed by atoms with Gasteiger partial charge in [-0.1, -0.05) is 11.8 Å². The number of aromatic nitrogens is 2. The Bertz CT molecular complexity index is 772. The van der Waals surface area contributed by atoms with Crippen LogP contribution in [0.3, 0.4) is 0 Å². The van der Waals surface area contributed by atoms with E-state index < -0.39 is 10.0 Å². The van der Waals surface area contributed by atoms with Crippen LogP contribution in [0.15, 0.2) is 35.5 Å². The van der Waals surface area contributed by atoms with Crippen LogP contribution in [0.1, 0.15) is 17.5 Å². The number of aliphatic hydroxyl groups excluding tert-OH is 1. The molecule has 0 amide bonds. The molecule has 0 radical (unpaired) electrons. The van der Waals surface area contributed by atoms with Crippen molar-refractivity contribution in [3.8, 4) is 11.8 Å². The van der Waals surface area contributed by atoms with Crippen LogP contribution in [0, 0.1) is 18.8 Å². The fourth-order valence-electron chi connectivity index (χ4n) is 1.67. The topological polar surface area (TPSA) is 95.1 Å². The van der Waals surface area contributed by atoms with Gasteiger partial charge in [-0.15, -0.1) is 0 Å². The molecule has 0 spiro atoms. The molecule has 21 heavy (non-hydrogen) atoms. The molecule has 0 saturated heterocycles. The average molecular weight is 305 g/mol. The van der Waals surface area contributed by atoms with E-state index in [-0.39, 0.29) is 11.5 Å². The number of aryl methyl sites for hydroxylation is 1. The van der Waals surface area contributed by atoms with E-state index in [0.717, 1.165) is 11.1 Å². The molecule has 0 bridgehead atoms. The van der Waals surface area contributed by atoms with Gasteiger partial charge in [0.2, 0.25) is 0 Å². The van der Waals surface area contributed by atoms with Crippen molar-refractivity contribution in [3.63, 3.8) is 0 Å². The number of rotatable bonds is 4. The van der Waals surface area contributed by atoms with Gasteiger partial charge in [0, 0.05) is 18.2 Å². The maximum Gasteiger partial charge on any atom is 0.265 e. The molecule has 1 heterocycles. The van der Waals surface area contributed by atoms with E-state index in [4.69, 9.17) is 5.11 Å². The van der Waals surface area contributed by atoms with Crippen LogP contribution in [-0.4, -0.2) is 30.3 Å². The summed E-state index contributed by atoms with van der Waals surface area (Å²) in [5.74, 6) is 5.72. The fourth-order valence-corrected chi connectivity index (χ4v) is 2.70. The summed E-state index contributed by atoms with van der Waals surface area (Å²) < 4.78 is 26.7. The largest absolute Gasteiger partial charge is 0.395 e. The van der Waals surface area contributed by atoms with Crippen LogP contribution in [0.2, 0.25) is 0 Å². The molecule has 110 valence electrons. The number of nitrogens with zero attached hydrogens (tertiary/aromatic N) is 1. The summed E-state index contributed by atoms with van der Waals surface area (Å²) in [6.45, 7) is 1.82. The fraction of sp³-hybridized carbons (Fsp3) is 0.214. The summed E-state index contributed by atoms with van der Waals surface area (Å²) >= 11 is 0. The van der Waals surface area contributed by atoms with Crippen molar-refractivity contribution >= 4 is 15.7 Å². The summed E-state index contributed by atoms with van der Waals surface area (Å²) in [6, 6.07) is 5.18. The van der Waals surface area contributed by atoms with Crippen molar-refractivity contribution in [1.29, 1.82) is 0 Å². The quantitative estimate of drug-likeness (QED) is 0.741. The van der Waals surface area contributed by atoms with Crippen molar-refractivity contribution in [3.05, 3.63) is 41.7 Å². The first-order valence-electron chi connectivity index (χ1n) is 6.25. The first-order chi connectivity index (χ1) is 10.0. The second-order valence-corrected chi connectivity index (χ2v) is 6.03. The van der Waals surface area contributed by atoms with Gasteiger partial charge in [0.05, 0.1) is 18.5 Å². The van der Waals surface area contributed by atoms with Gasteiger partial charge in [-0.2, -0.15) is 5.10 Å². The smallest absolute Gasteiger partial charge is 0.265 e. The van der Waals surface area contributed by atoms with Gasteiger partial charge >= 0.3 is 0 Å². The highest BCUT2D eigenvalue weighted by Gasteiger charge is 2.16. The molecule has 3 N–H and O–H groups in total. The molecular formula is C14H15N3O3S. The maximum absolute atomic E-state index is 12.1. The molecule has 1 aromatic heterocycles. The predicted octanol–water partition coefficient (Wildman–Crippen LogP) is 1.25. The third-order valence-corrected chi connectivity index (χ3v) is 4.06. The third-order valence-electron chi connectivity index (χ3n) is 2.72. The SMILES string of the molecule is Cc1cc(C#CCCO)ccc1NS(=O)(=O)c1cn[nH]c1. The molecule has 1 aromatic carbocycles. The van der Waals surface area contributed by atoms with Gasteiger partial charge in [-0.05, 0) is 30.7 Å². The summed E-state index contributed by atoms with van der Waals surface area (Å²) in [5.41, 5.74) is 2.02. The zero-order valence-electron chi connectivity index (χ0n) is 11.4. The van der Waals surface area contributed by atoms with Crippen LogP contribution in [0.25, 0.3) is 0 Å². The summed E-state index contributed by atoms with van der Waals surface area (Å²) in [5, 5.41) is 14.8. The van der Waals surface area contributed by atoms with Crippen molar-refractivity contribution in [2.24, 2.45) is 0 Å². The molecule has 6 nitrogen and oxygen atoms in total. The number of nitrogens with one attached hydrogen (secondary N) is 2. The number of aliphatic hydroxyl groups is 1. The van der Waals surface area contributed by atoms with E-state index in [1.165, 1.54) is 12.4 Å². The molecule has 0 aliphatic rings. The Labute approximate surface area is 123 Å². The lowest BCUT2D eigenvalue weighted by Crippen LogP contribution is -2.13. The molecule has 0 unspecified atom stereocenters. The highest BCUT2D eigenvalue weighted by Crippen LogP contribution is 2.20. The lowest BCUT2D eigenvalue weighted by Gasteiger charge is -2.09. The molecule has 0 aliphatic carbocycles. The van der Waals surface area contributed by atoms with E-state index in [1.807, 2.05) is 0 Å². The Morgan fingerprint density at radius 3 is 2.86 bits per heavy atom. The molecule has 0 atom stereocenters. The molecular weight excluding hydrogens is 290 g/mol. The van der Waals surface area contributed by atoms with Crippen molar-refractivity contribution in [2.75, 3.05) is 11.3 Å². The number of sulfonamides is 1. The van der Waals surface area contributed by atoms with Gasteiger partial charge in [0.1, 0.15) is 4.90 Å². The molecule has 0 aliphatic heterocycles. The second kappa shape index (κ2) is 6.43. The lowest BCUT2D eigenvalue weighted by atomic mass is 10.1. The van der Waals surface area contributed by atoms with E-state index in [1.54, 1.807) is 25.1 Å². The molecule has 7 heteroatoms. The van der Waals surface area contributed by atoms with Gasteiger partial charge in [0.15, 0.2) is 0 Å². The monoisotopic (exact) mass is 305 g/mol. The van der Waals surface area contributed by atoms with Gasteiger partial charge in [0.25, 0.3) is 10.0 Å². The van der Waals surface area contributed by atoms with Gasteiger partial charge in [-0.3, -0.25) is 9.82 Å². The summed E-state index contributed by atoms with van der Waals surface area (Å²) in [4.78, 5) is 0.0775. The van der Waals surface area contributed by atoms with Crippen LogP contribution in [0.4, 0.5) is 5.69 Å². The molecule has 0 fully saturated rings.